The Hall–Kier alpha value is -2.44. The largest absolute Gasteiger partial charge is 0.488 e. The number of carbonyl (C=O) groups excluding carboxylic acids is 1. The fraction of sp³-hybridized carbons (Fsp3) is 0.278. The Morgan fingerprint density at radius 1 is 1.25 bits per heavy atom. The van der Waals surface area contributed by atoms with E-state index in [4.69, 9.17) is 4.74 Å². The van der Waals surface area contributed by atoms with Gasteiger partial charge >= 0.3 is 0 Å². The number of ether oxygens (including phenoxy) is 1. The highest BCUT2D eigenvalue weighted by atomic mass is 19.1. The van der Waals surface area contributed by atoms with E-state index in [9.17, 15) is 14.4 Å². The molecule has 0 aliphatic carbocycles. The molecule has 0 atom stereocenters. The zero-order valence-corrected chi connectivity index (χ0v) is 14.3. The number of nitrogens with zero attached hydrogens (tertiary/aromatic N) is 1. The molecule has 0 saturated heterocycles. The maximum absolute atomic E-state index is 13.9. The molecule has 6 heteroatoms. The Morgan fingerprint density at radius 2 is 1.92 bits per heavy atom. The van der Waals surface area contributed by atoms with Crippen molar-refractivity contribution in [2.24, 2.45) is 0 Å². The number of aryl methyl sites for hydroxylation is 2. The van der Waals surface area contributed by atoms with Gasteiger partial charge in [0.05, 0.1) is 11.3 Å². The van der Waals surface area contributed by atoms with Gasteiger partial charge in [0.1, 0.15) is 18.2 Å². The van der Waals surface area contributed by atoms with E-state index in [-0.39, 0.29) is 24.3 Å². The summed E-state index contributed by atoms with van der Waals surface area (Å²) in [4.78, 5) is 10.7. The number of hydrogen-bond donors (Lipinski definition) is 2. The van der Waals surface area contributed by atoms with E-state index < -0.39 is 5.82 Å². The molecule has 0 heterocycles. The van der Waals surface area contributed by atoms with Gasteiger partial charge in [0.15, 0.2) is 0 Å². The van der Waals surface area contributed by atoms with Gasteiger partial charge in [-0.25, -0.2) is 4.39 Å². The predicted molar refractivity (Wildman–Crippen MR) is 92.0 cm³/mol. The molecule has 2 aromatic rings. The third-order valence-electron chi connectivity index (χ3n) is 3.16. The van der Waals surface area contributed by atoms with Crippen LogP contribution in [0.25, 0.3) is 0 Å². The molecule has 2 aromatic carbocycles. The van der Waals surface area contributed by atoms with E-state index in [1.54, 1.807) is 0 Å². The van der Waals surface area contributed by atoms with Gasteiger partial charge in [-0.15, -0.1) is 0 Å². The lowest BCUT2D eigenvalue weighted by Gasteiger charge is -2.16. The number of halogens is 1. The van der Waals surface area contributed by atoms with Crippen LogP contribution in [0, 0.1) is 19.7 Å². The molecule has 5 nitrogen and oxygen atoms in total. The van der Waals surface area contributed by atoms with Crippen LogP contribution in [-0.4, -0.2) is 25.7 Å². The zero-order chi connectivity index (χ0) is 18.1. The number of anilines is 1. The summed E-state index contributed by atoms with van der Waals surface area (Å²) in [5, 5.41) is 12.6. The van der Waals surface area contributed by atoms with E-state index in [0.717, 1.165) is 11.1 Å². The second kappa shape index (κ2) is 9.64. The van der Waals surface area contributed by atoms with Crippen molar-refractivity contribution in [3.63, 3.8) is 0 Å². The van der Waals surface area contributed by atoms with Crippen LogP contribution >= 0.6 is 0 Å². The second-order valence-corrected chi connectivity index (χ2v) is 5.25. The third kappa shape index (κ3) is 5.33. The summed E-state index contributed by atoms with van der Waals surface area (Å²) in [5.74, 6) is 0.0958. The average molecular weight is 334 g/mol. The number of nitrogens with one attached hydrogen (secondary N) is 1. The Balaban J connectivity index is 0.000000891. The SMILES string of the molecule is CNC.Cc1ccc(C)c(OCc2c(F)cccc2N(O)C=O)c1. The second-order valence-electron chi connectivity index (χ2n) is 5.25. The Morgan fingerprint density at radius 3 is 2.54 bits per heavy atom. The fourth-order valence-electron chi connectivity index (χ4n) is 1.97. The first-order valence-corrected chi connectivity index (χ1v) is 7.43. The van der Waals surface area contributed by atoms with Gasteiger partial charge in [-0.05, 0) is 57.3 Å². The van der Waals surface area contributed by atoms with Gasteiger partial charge < -0.3 is 10.1 Å². The topological polar surface area (TPSA) is 61.8 Å². The first-order chi connectivity index (χ1) is 11.4. The van der Waals surface area contributed by atoms with Crippen LogP contribution in [0.1, 0.15) is 16.7 Å². The van der Waals surface area contributed by atoms with Crippen molar-refractivity contribution in [3.05, 3.63) is 58.9 Å². The zero-order valence-electron chi connectivity index (χ0n) is 14.3. The summed E-state index contributed by atoms with van der Waals surface area (Å²) < 4.78 is 19.5. The van der Waals surface area contributed by atoms with Gasteiger partial charge in [-0.2, -0.15) is 5.06 Å². The lowest BCUT2D eigenvalue weighted by Crippen LogP contribution is -2.18. The predicted octanol–water partition coefficient (Wildman–Crippen LogP) is 3.21. The normalized spacial score (nSPS) is 9.75. The van der Waals surface area contributed by atoms with Crippen LogP contribution in [0.2, 0.25) is 0 Å². The summed E-state index contributed by atoms with van der Waals surface area (Å²) >= 11 is 0. The molecule has 24 heavy (non-hydrogen) atoms. The number of hydroxylamine groups is 1. The molecule has 0 bridgehead atoms. The van der Waals surface area contributed by atoms with Crippen LogP contribution < -0.4 is 15.1 Å². The molecule has 1 amide bonds. The molecule has 0 fully saturated rings. The lowest BCUT2D eigenvalue weighted by molar-refractivity contribution is -0.111. The molecular weight excluding hydrogens is 311 g/mol. The Bertz CT molecular complexity index is 677. The summed E-state index contributed by atoms with van der Waals surface area (Å²) in [5.41, 5.74) is 2.14. The minimum absolute atomic E-state index is 0.0651. The van der Waals surface area contributed by atoms with Gasteiger partial charge in [-0.3, -0.25) is 10.0 Å². The van der Waals surface area contributed by atoms with Crippen LogP contribution in [0.5, 0.6) is 5.75 Å². The van der Waals surface area contributed by atoms with Gasteiger partial charge in [0.2, 0.25) is 6.41 Å². The monoisotopic (exact) mass is 334 g/mol. The molecule has 2 rings (SSSR count). The third-order valence-corrected chi connectivity index (χ3v) is 3.16. The highest BCUT2D eigenvalue weighted by Gasteiger charge is 2.14. The molecule has 0 aromatic heterocycles. The molecule has 2 N–H and O–H groups in total. The van der Waals surface area contributed by atoms with E-state index in [1.165, 1.54) is 18.2 Å². The van der Waals surface area contributed by atoms with Crippen LogP contribution in [0.15, 0.2) is 36.4 Å². The smallest absolute Gasteiger partial charge is 0.237 e. The van der Waals surface area contributed by atoms with Crippen molar-refractivity contribution in [1.29, 1.82) is 0 Å². The highest BCUT2D eigenvalue weighted by Crippen LogP contribution is 2.25. The van der Waals surface area contributed by atoms with E-state index in [0.29, 0.717) is 10.8 Å². The molecular formula is C18H23FN2O3. The fourth-order valence-corrected chi connectivity index (χ4v) is 1.97. The van der Waals surface area contributed by atoms with Gasteiger partial charge in [-0.1, -0.05) is 18.2 Å². The minimum atomic E-state index is -0.543. The number of amides is 1. The number of rotatable bonds is 5. The van der Waals surface area contributed by atoms with Gasteiger partial charge in [0.25, 0.3) is 0 Å². The summed E-state index contributed by atoms with van der Waals surface area (Å²) in [6.45, 7) is 3.74. The molecule has 0 saturated carbocycles. The molecule has 0 aliphatic heterocycles. The van der Waals surface area contributed by atoms with E-state index in [1.807, 2.05) is 46.1 Å². The summed E-state index contributed by atoms with van der Waals surface area (Å²) in [6.07, 6.45) is 0.205. The number of carbonyl (C=O) groups is 1. The number of hydrogen-bond acceptors (Lipinski definition) is 4. The minimum Gasteiger partial charge on any atom is -0.488 e. The summed E-state index contributed by atoms with van der Waals surface area (Å²) in [6, 6.07) is 9.84. The lowest BCUT2D eigenvalue weighted by atomic mass is 10.1. The molecule has 130 valence electrons. The highest BCUT2D eigenvalue weighted by molar-refractivity contribution is 5.73. The number of benzene rings is 2. The molecule has 0 spiro atoms. The van der Waals surface area contributed by atoms with Crippen molar-refractivity contribution in [1.82, 2.24) is 5.32 Å². The Kier molecular flexibility index (Phi) is 7.88. The van der Waals surface area contributed by atoms with Crippen molar-refractivity contribution in [3.8, 4) is 5.75 Å². The van der Waals surface area contributed by atoms with Crippen LogP contribution in [-0.2, 0) is 11.4 Å². The van der Waals surface area contributed by atoms with E-state index in [2.05, 4.69) is 5.32 Å². The standard InChI is InChI=1S/C16H16FNO3.C2H7N/c1-11-6-7-12(2)16(8-11)21-9-13-14(17)4-3-5-15(13)18(20)10-19;1-3-2/h3-8,10,20H,9H2,1-2H3;3H,1-2H3. The van der Waals surface area contributed by atoms with Crippen molar-refractivity contribution in [2.45, 2.75) is 20.5 Å². The Labute approximate surface area is 141 Å². The first kappa shape index (κ1) is 19.6. The molecule has 0 aliphatic rings. The molecule has 0 radical (unpaired) electrons. The van der Waals surface area contributed by atoms with Crippen LogP contribution in [0.3, 0.4) is 0 Å². The van der Waals surface area contributed by atoms with Gasteiger partial charge in [0, 0.05) is 0 Å². The molecule has 0 unspecified atom stereocenters. The maximum atomic E-state index is 13.9. The van der Waals surface area contributed by atoms with E-state index >= 15 is 0 Å². The van der Waals surface area contributed by atoms with Crippen molar-refractivity contribution >= 4 is 12.1 Å². The van der Waals surface area contributed by atoms with Crippen molar-refractivity contribution in [2.75, 3.05) is 19.2 Å². The maximum Gasteiger partial charge on any atom is 0.237 e. The van der Waals surface area contributed by atoms with Crippen molar-refractivity contribution < 1.29 is 19.1 Å². The quantitative estimate of drug-likeness (QED) is 0.501. The summed E-state index contributed by atoms with van der Waals surface area (Å²) in [7, 11) is 3.75. The first-order valence-electron chi connectivity index (χ1n) is 7.43. The van der Waals surface area contributed by atoms with Crippen LogP contribution in [0.4, 0.5) is 10.1 Å². The average Bonchev–Trinajstić information content (AvgIpc) is 2.56.